The number of Topliss-reactive ketones (excluding diaryl/α,β-unsaturated/α-hetero) is 1. The molecule has 18 heavy (non-hydrogen) atoms. The molecule has 0 atom stereocenters. The molecule has 0 N–H and O–H groups in total. The summed E-state index contributed by atoms with van der Waals surface area (Å²) in [7, 11) is 2.00. The van der Waals surface area contributed by atoms with Crippen molar-refractivity contribution >= 4 is 17.5 Å². The molecule has 0 unspecified atom stereocenters. The zero-order valence-corrected chi connectivity index (χ0v) is 12.6. The molecule has 0 aliphatic rings. The van der Waals surface area contributed by atoms with Crippen LogP contribution in [0.1, 0.15) is 35.7 Å². The number of hydrogen-bond donors (Lipinski definition) is 0. The van der Waals surface area contributed by atoms with E-state index in [9.17, 15) is 4.79 Å². The van der Waals surface area contributed by atoms with Crippen molar-refractivity contribution in [2.24, 2.45) is 0 Å². The monoisotopic (exact) mass is 265 g/mol. The fourth-order valence-electron chi connectivity index (χ4n) is 1.72. The van der Waals surface area contributed by atoms with Crippen molar-refractivity contribution in [1.82, 2.24) is 4.90 Å². The topological polar surface area (TPSA) is 20.3 Å². The maximum Gasteiger partial charge on any atom is 0.176 e. The number of hydrogen-bond acceptors (Lipinski definition) is 3. The summed E-state index contributed by atoms with van der Waals surface area (Å²) >= 11 is 1.81. The molecule has 1 rings (SSSR count). The van der Waals surface area contributed by atoms with Crippen LogP contribution in [0.5, 0.6) is 0 Å². The fraction of sp³-hybridized carbons (Fsp3) is 0.533. The van der Waals surface area contributed by atoms with Crippen molar-refractivity contribution in [3.8, 4) is 0 Å². The largest absolute Gasteiger partial charge is 0.298 e. The fourth-order valence-corrected chi connectivity index (χ4v) is 2.21. The van der Waals surface area contributed by atoms with Gasteiger partial charge in [-0.25, -0.2) is 0 Å². The minimum Gasteiger partial charge on any atom is -0.298 e. The molecular weight excluding hydrogens is 242 g/mol. The van der Waals surface area contributed by atoms with E-state index in [1.807, 2.05) is 19.2 Å². The number of ketones is 1. The highest BCUT2D eigenvalue weighted by Gasteiger charge is 2.09. The van der Waals surface area contributed by atoms with Crippen molar-refractivity contribution < 1.29 is 4.79 Å². The van der Waals surface area contributed by atoms with E-state index in [2.05, 4.69) is 37.1 Å². The molecule has 0 saturated heterocycles. The lowest BCUT2D eigenvalue weighted by atomic mass is 10.0. The first kappa shape index (κ1) is 15.3. The van der Waals surface area contributed by atoms with Gasteiger partial charge in [-0.2, -0.15) is 11.8 Å². The summed E-state index contributed by atoms with van der Waals surface area (Å²) < 4.78 is 0. The summed E-state index contributed by atoms with van der Waals surface area (Å²) in [6.45, 7) is 5.78. The summed E-state index contributed by atoms with van der Waals surface area (Å²) in [5.74, 6) is 1.78. The van der Waals surface area contributed by atoms with Gasteiger partial charge in [0.05, 0.1) is 6.54 Å². The minimum atomic E-state index is 0.203. The summed E-state index contributed by atoms with van der Waals surface area (Å²) in [4.78, 5) is 14.1. The number of rotatable bonds is 7. The highest BCUT2D eigenvalue weighted by atomic mass is 32.2. The summed E-state index contributed by atoms with van der Waals surface area (Å²) in [5.41, 5.74) is 2.10. The van der Waals surface area contributed by atoms with Gasteiger partial charge >= 0.3 is 0 Å². The van der Waals surface area contributed by atoms with Crippen molar-refractivity contribution in [1.29, 1.82) is 0 Å². The van der Waals surface area contributed by atoms with Gasteiger partial charge in [0.2, 0.25) is 0 Å². The minimum absolute atomic E-state index is 0.203. The Morgan fingerprint density at radius 3 is 2.39 bits per heavy atom. The third kappa shape index (κ3) is 4.83. The first-order chi connectivity index (χ1) is 8.54. The second-order valence-electron chi connectivity index (χ2n) is 4.93. The predicted molar refractivity (Wildman–Crippen MR) is 80.7 cm³/mol. The van der Waals surface area contributed by atoms with Crippen LogP contribution in [-0.2, 0) is 0 Å². The molecule has 0 fully saturated rings. The maximum absolute atomic E-state index is 12.1. The van der Waals surface area contributed by atoms with Crippen LogP contribution in [0.15, 0.2) is 24.3 Å². The van der Waals surface area contributed by atoms with Crippen molar-refractivity contribution in [2.45, 2.75) is 19.8 Å². The van der Waals surface area contributed by atoms with Crippen LogP contribution in [0, 0.1) is 0 Å². The standard InChI is InChI=1S/C15H23NOS/c1-12(2)13-5-7-14(8-6-13)15(17)11-16(3)9-10-18-4/h5-8,12H,9-11H2,1-4H3. The zero-order valence-electron chi connectivity index (χ0n) is 11.8. The first-order valence-electron chi connectivity index (χ1n) is 6.35. The van der Waals surface area contributed by atoms with Crippen LogP contribution >= 0.6 is 11.8 Å². The first-order valence-corrected chi connectivity index (χ1v) is 7.74. The lowest BCUT2D eigenvalue weighted by molar-refractivity contribution is 0.0949. The van der Waals surface area contributed by atoms with Crippen LogP contribution < -0.4 is 0 Å². The van der Waals surface area contributed by atoms with Gasteiger partial charge in [0.15, 0.2) is 5.78 Å². The van der Waals surface area contributed by atoms with E-state index in [-0.39, 0.29) is 5.78 Å². The van der Waals surface area contributed by atoms with E-state index < -0.39 is 0 Å². The van der Waals surface area contributed by atoms with E-state index in [4.69, 9.17) is 0 Å². The van der Waals surface area contributed by atoms with E-state index in [1.54, 1.807) is 11.8 Å². The summed E-state index contributed by atoms with van der Waals surface area (Å²) in [6, 6.07) is 8.00. The lowest BCUT2D eigenvalue weighted by Gasteiger charge is -2.15. The van der Waals surface area contributed by atoms with Crippen molar-refractivity contribution in [2.75, 3.05) is 32.1 Å². The average molecular weight is 265 g/mol. The molecule has 0 spiro atoms. The average Bonchev–Trinajstić information content (AvgIpc) is 2.36. The Kier molecular flexibility index (Phi) is 6.44. The molecule has 2 nitrogen and oxygen atoms in total. The molecule has 0 aliphatic carbocycles. The highest BCUT2D eigenvalue weighted by molar-refractivity contribution is 7.98. The van der Waals surface area contributed by atoms with E-state index in [1.165, 1.54) is 5.56 Å². The van der Waals surface area contributed by atoms with Crippen LogP contribution in [0.4, 0.5) is 0 Å². The van der Waals surface area contributed by atoms with E-state index in [0.29, 0.717) is 12.5 Å². The zero-order chi connectivity index (χ0) is 13.5. The maximum atomic E-state index is 12.1. The Morgan fingerprint density at radius 2 is 1.89 bits per heavy atom. The molecule has 0 radical (unpaired) electrons. The van der Waals surface area contributed by atoms with Crippen LogP contribution in [0.3, 0.4) is 0 Å². The molecule has 1 aromatic carbocycles. The molecule has 1 aromatic rings. The van der Waals surface area contributed by atoms with Gasteiger partial charge in [-0.1, -0.05) is 38.1 Å². The normalized spacial score (nSPS) is 11.2. The van der Waals surface area contributed by atoms with Gasteiger partial charge in [0.1, 0.15) is 0 Å². The van der Waals surface area contributed by atoms with Crippen molar-refractivity contribution in [3.63, 3.8) is 0 Å². The van der Waals surface area contributed by atoms with Gasteiger partial charge in [-0.3, -0.25) is 9.69 Å². The molecule has 0 heterocycles. The van der Waals surface area contributed by atoms with Gasteiger partial charge in [-0.15, -0.1) is 0 Å². The quantitative estimate of drug-likeness (QED) is 0.706. The van der Waals surface area contributed by atoms with Crippen molar-refractivity contribution in [3.05, 3.63) is 35.4 Å². The second kappa shape index (κ2) is 7.59. The smallest absolute Gasteiger partial charge is 0.176 e. The predicted octanol–water partition coefficient (Wildman–Crippen LogP) is 3.29. The van der Waals surface area contributed by atoms with Crippen LogP contribution in [0.25, 0.3) is 0 Å². The Balaban J connectivity index is 2.56. The second-order valence-corrected chi connectivity index (χ2v) is 5.92. The molecule has 0 aromatic heterocycles. The molecule has 0 aliphatic heterocycles. The molecular formula is C15H23NOS. The third-order valence-corrected chi connectivity index (χ3v) is 3.58. The number of thioether (sulfide) groups is 1. The highest BCUT2D eigenvalue weighted by Crippen LogP contribution is 2.15. The Hall–Kier alpha value is -0.800. The number of nitrogens with zero attached hydrogens (tertiary/aromatic N) is 1. The van der Waals surface area contributed by atoms with Gasteiger partial charge in [0, 0.05) is 17.9 Å². The number of carbonyl (C=O) groups excluding carboxylic acids is 1. The number of carbonyl (C=O) groups is 1. The Labute approximate surface area is 115 Å². The molecule has 0 bridgehead atoms. The van der Waals surface area contributed by atoms with Crippen LogP contribution in [0.2, 0.25) is 0 Å². The molecule has 100 valence electrons. The third-order valence-electron chi connectivity index (χ3n) is 2.99. The Morgan fingerprint density at radius 1 is 1.28 bits per heavy atom. The lowest BCUT2D eigenvalue weighted by Crippen LogP contribution is -2.28. The Bertz CT molecular complexity index is 373. The summed E-state index contributed by atoms with van der Waals surface area (Å²) in [5, 5.41) is 0. The van der Waals surface area contributed by atoms with Gasteiger partial charge in [0.25, 0.3) is 0 Å². The number of benzene rings is 1. The van der Waals surface area contributed by atoms with E-state index >= 15 is 0 Å². The number of likely N-dealkylation sites (N-methyl/N-ethyl adjacent to an activating group) is 1. The molecule has 0 amide bonds. The van der Waals surface area contributed by atoms with Crippen LogP contribution in [-0.4, -0.2) is 42.8 Å². The SMILES string of the molecule is CSCCN(C)CC(=O)c1ccc(C(C)C)cc1. The van der Waals surface area contributed by atoms with E-state index in [0.717, 1.165) is 17.9 Å². The molecule has 0 saturated carbocycles. The summed E-state index contributed by atoms with van der Waals surface area (Å²) in [6.07, 6.45) is 2.08. The van der Waals surface area contributed by atoms with Gasteiger partial charge in [-0.05, 0) is 24.8 Å². The molecule has 3 heteroatoms. The van der Waals surface area contributed by atoms with Gasteiger partial charge < -0.3 is 0 Å².